The molecule has 1 aromatic rings. The fourth-order valence-corrected chi connectivity index (χ4v) is 2.69. The van der Waals surface area contributed by atoms with Crippen LogP contribution in [0.1, 0.15) is 12.5 Å². The Kier molecular flexibility index (Phi) is 3.21. The minimum absolute atomic E-state index is 0.146. The van der Waals surface area contributed by atoms with Gasteiger partial charge in [0.2, 0.25) is 5.91 Å². The zero-order valence-electron chi connectivity index (χ0n) is 9.43. The third kappa shape index (κ3) is 2.08. The Balaban J connectivity index is 2.22. The first kappa shape index (κ1) is 11.5. The lowest BCUT2D eigenvalue weighted by Gasteiger charge is -2.11. The standard InChI is InChI=1S/C12H15NO2S/c1-8(7-14)16-10-3-4-11-9(5-10)6-12(15)13(11)2/h3-5,8,14H,6-7H2,1-2H3. The SMILES string of the molecule is CC(CO)Sc1ccc2c(c1)CC(=O)N2C. The minimum Gasteiger partial charge on any atom is -0.395 e. The van der Waals surface area contributed by atoms with Crippen molar-refractivity contribution in [2.24, 2.45) is 0 Å². The Morgan fingerprint density at radius 1 is 1.56 bits per heavy atom. The predicted molar refractivity (Wildman–Crippen MR) is 66.0 cm³/mol. The predicted octanol–water partition coefficient (Wildman–Crippen LogP) is 1.68. The number of fused-ring (bicyclic) bond motifs is 1. The van der Waals surface area contributed by atoms with Gasteiger partial charge in [0, 0.05) is 22.9 Å². The zero-order chi connectivity index (χ0) is 11.7. The minimum atomic E-state index is 0.146. The van der Waals surface area contributed by atoms with Gasteiger partial charge in [-0.25, -0.2) is 0 Å². The highest BCUT2D eigenvalue weighted by Gasteiger charge is 2.23. The van der Waals surface area contributed by atoms with Crippen LogP contribution in [-0.2, 0) is 11.2 Å². The van der Waals surface area contributed by atoms with Crippen molar-refractivity contribution in [3.05, 3.63) is 23.8 Å². The summed E-state index contributed by atoms with van der Waals surface area (Å²) in [6.45, 7) is 2.15. The average Bonchev–Trinajstić information content (AvgIpc) is 2.54. The van der Waals surface area contributed by atoms with Gasteiger partial charge in [-0.3, -0.25) is 4.79 Å². The molecule has 0 fully saturated rings. The summed E-state index contributed by atoms with van der Waals surface area (Å²) in [5, 5.41) is 9.18. The summed E-state index contributed by atoms with van der Waals surface area (Å²) < 4.78 is 0. The van der Waals surface area contributed by atoms with Crippen molar-refractivity contribution in [3.63, 3.8) is 0 Å². The molecule has 0 radical (unpaired) electrons. The van der Waals surface area contributed by atoms with Crippen molar-refractivity contribution < 1.29 is 9.90 Å². The van der Waals surface area contributed by atoms with Crippen LogP contribution in [0, 0.1) is 0 Å². The number of hydrogen-bond donors (Lipinski definition) is 1. The Bertz CT molecular complexity index is 419. The number of thioether (sulfide) groups is 1. The van der Waals surface area contributed by atoms with Crippen molar-refractivity contribution in [1.29, 1.82) is 0 Å². The summed E-state index contributed by atoms with van der Waals surface area (Å²) in [5.74, 6) is 0.146. The molecule has 1 aliphatic heterocycles. The molecular formula is C12H15NO2S. The van der Waals surface area contributed by atoms with E-state index < -0.39 is 0 Å². The molecule has 0 saturated carbocycles. The molecule has 0 aromatic heterocycles. The fourth-order valence-electron chi connectivity index (χ4n) is 1.79. The molecule has 4 heteroatoms. The quantitative estimate of drug-likeness (QED) is 0.813. The monoisotopic (exact) mass is 237 g/mol. The van der Waals surface area contributed by atoms with Gasteiger partial charge in [-0.2, -0.15) is 0 Å². The van der Waals surface area contributed by atoms with Crippen molar-refractivity contribution in [2.75, 3.05) is 18.6 Å². The molecule has 1 amide bonds. The first-order valence-electron chi connectivity index (χ1n) is 5.29. The van der Waals surface area contributed by atoms with E-state index in [0.29, 0.717) is 6.42 Å². The number of aliphatic hydroxyl groups is 1. The van der Waals surface area contributed by atoms with E-state index in [9.17, 15) is 4.79 Å². The van der Waals surface area contributed by atoms with E-state index in [2.05, 4.69) is 0 Å². The maximum atomic E-state index is 11.5. The lowest BCUT2D eigenvalue weighted by atomic mass is 10.2. The average molecular weight is 237 g/mol. The number of carbonyl (C=O) groups excluding carboxylic acids is 1. The van der Waals surface area contributed by atoms with Gasteiger partial charge in [0.15, 0.2) is 0 Å². The molecule has 1 unspecified atom stereocenters. The molecule has 0 spiro atoms. The van der Waals surface area contributed by atoms with Crippen molar-refractivity contribution >= 4 is 23.4 Å². The number of amides is 1. The number of likely N-dealkylation sites (N-methyl/N-ethyl adjacent to an activating group) is 1. The van der Waals surface area contributed by atoms with E-state index in [1.807, 2.05) is 25.1 Å². The van der Waals surface area contributed by atoms with Crippen LogP contribution in [-0.4, -0.2) is 29.9 Å². The summed E-state index contributed by atoms with van der Waals surface area (Å²) in [7, 11) is 1.80. The van der Waals surface area contributed by atoms with Crippen LogP contribution in [0.25, 0.3) is 0 Å². The number of hydrogen-bond acceptors (Lipinski definition) is 3. The highest BCUT2D eigenvalue weighted by Crippen LogP contribution is 2.32. The first-order chi connectivity index (χ1) is 7.61. The van der Waals surface area contributed by atoms with Gasteiger partial charge in [0.25, 0.3) is 0 Å². The van der Waals surface area contributed by atoms with Gasteiger partial charge >= 0.3 is 0 Å². The summed E-state index contributed by atoms with van der Waals surface area (Å²) >= 11 is 1.63. The van der Waals surface area contributed by atoms with Crippen molar-refractivity contribution in [2.45, 2.75) is 23.5 Å². The second-order valence-corrected chi connectivity index (χ2v) is 5.54. The number of anilines is 1. The molecule has 3 nitrogen and oxygen atoms in total. The van der Waals surface area contributed by atoms with Crippen LogP contribution in [0.5, 0.6) is 0 Å². The van der Waals surface area contributed by atoms with Crippen LogP contribution in [0.15, 0.2) is 23.1 Å². The van der Waals surface area contributed by atoms with E-state index in [0.717, 1.165) is 16.1 Å². The lowest BCUT2D eigenvalue weighted by Crippen LogP contribution is -2.20. The Morgan fingerprint density at radius 3 is 3.00 bits per heavy atom. The van der Waals surface area contributed by atoms with Gasteiger partial charge < -0.3 is 10.0 Å². The number of nitrogens with zero attached hydrogens (tertiary/aromatic N) is 1. The molecule has 1 heterocycles. The number of carbonyl (C=O) groups is 1. The van der Waals surface area contributed by atoms with Crippen molar-refractivity contribution in [3.8, 4) is 0 Å². The summed E-state index contributed by atoms with van der Waals surface area (Å²) in [6, 6.07) is 6.03. The highest BCUT2D eigenvalue weighted by atomic mass is 32.2. The second-order valence-electron chi connectivity index (χ2n) is 4.03. The molecule has 16 heavy (non-hydrogen) atoms. The van der Waals surface area contributed by atoms with Gasteiger partial charge in [-0.15, -0.1) is 11.8 Å². The Labute approximate surface area is 99.5 Å². The molecule has 0 saturated heterocycles. The Hall–Kier alpha value is -1.00. The van der Waals surface area contributed by atoms with Gasteiger partial charge in [-0.05, 0) is 23.8 Å². The molecule has 0 aliphatic carbocycles. The van der Waals surface area contributed by atoms with E-state index in [4.69, 9.17) is 5.11 Å². The molecular weight excluding hydrogens is 222 g/mol. The van der Waals surface area contributed by atoms with Crippen LogP contribution in [0.2, 0.25) is 0 Å². The maximum absolute atomic E-state index is 11.5. The van der Waals surface area contributed by atoms with Crippen LogP contribution in [0.4, 0.5) is 5.69 Å². The lowest BCUT2D eigenvalue weighted by molar-refractivity contribution is -0.117. The zero-order valence-corrected chi connectivity index (χ0v) is 10.3. The highest BCUT2D eigenvalue weighted by molar-refractivity contribution is 8.00. The summed E-state index contributed by atoms with van der Waals surface area (Å²) in [5.41, 5.74) is 2.09. The van der Waals surface area contributed by atoms with E-state index in [-0.39, 0.29) is 17.8 Å². The van der Waals surface area contributed by atoms with Crippen LogP contribution >= 0.6 is 11.8 Å². The molecule has 1 aliphatic rings. The number of benzene rings is 1. The molecule has 1 aromatic carbocycles. The van der Waals surface area contributed by atoms with Gasteiger partial charge in [0.1, 0.15) is 0 Å². The summed E-state index contributed by atoms with van der Waals surface area (Å²) in [4.78, 5) is 14.3. The molecule has 1 atom stereocenters. The number of aliphatic hydroxyl groups excluding tert-OH is 1. The Morgan fingerprint density at radius 2 is 2.31 bits per heavy atom. The third-order valence-electron chi connectivity index (χ3n) is 2.72. The fraction of sp³-hybridized carbons (Fsp3) is 0.417. The largest absolute Gasteiger partial charge is 0.395 e. The number of rotatable bonds is 3. The summed E-state index contributed by atoms with van der Waals surface area (Å²) in [6.07, 6.45) is 0.494. The van der Waals surface area contributed by atoms with E-state index in [1.54, 1.807) is 23.7 Å². The second kappa shape index (κ2) is 4.47. The molecule has 0 bridgehead atoms. The van der Waals surface area contributed by atoms with Gasteiger partial charge in [-0.1, -0.05) is 6.92 Å². The van der Waals surface area contributed by atoms with E-state index in [1.165, 1.54) is 0 Å². The van der Waals surface area contributed by atoms with Gasteiger partial charge in [0.05, 0.1) is 13.0 Å². The normalized spacial score (nSPS) is 16.4. The van der Waals surface area contributed by atoms with E-state index >= 15 is 0 Å². The molecule has 86 valence electrons. The van der Waals surface area contributed by atoms with Crippen LogP contribution in [0.3, 0.4) is 0 Å². The topological polar surface area (TPSA) is 40.5 Å². The van der Waals surface area contributed by atoms with Crippen molar-refractivity contribution in [1.82, 2.24) is 0 Å². The molecule has 2 rings (SSSR count). The smallest absolute Gasteiger partial charge is 0.231 e. The van der Waals surface area contributed by atoms with Crippen LogP contribution < -0.4 is 4.90 Å². The first-order valence-corrected chi connectivity index (χ1v) is 6.16. The molecule has 1 N–H and O–H groups in total. The maximum Gasteiger partial charge on any atom is 0.231 e. The third-order valence-corrected chi connectivity index (χ3v) is 3.80.